The molecule has 4 aliphatic rings. The Morgan fingerprint density at radius 2 is 0.967 bits per heavy atom. The fraction of sp³-hybridized carbons (Fsp3) is 0.188. The molecule has 1 saturated heterocycles. The van der Waals surface area contributed by atoms with Crippen molar-refractivity contribution in [3.63, 3.8) is 0 Å². The number of nitrogens with zero attached hydrogens (tertiary/aromatic N) is 4. The molecule has 13 heteroatoms. The number of benzene rings is 6. The first-order chi connectivity index (χ1) is 29.6. The zero-order valence-corrected chi connectivity index (χ0v) is 37.8. The second-order valence-electron chi connectivity index (χ2n) is 15.5. The van der Waals surface area contributed by atoms with E-state index in [-0.39, 0.29) is 25.0 Å². The molecule has 61 heavy (non-hydrogen) atoms. The first kappa shape index (κ1) is 40.4. The van der Waals surface area contributed by atoms with Crippen LogP contribution in [0.3, 0.4) is 0 Å². The molecule has 306 valence electrons. The van der Waals surface area contributed by atoms with E-state index in [9.17, 15) is 0 Å². The fourth-order valence-electron chi connectivity index (χ4n) is 9.30. The van der Waals surface area contributed by atoms with Gasteiger partial charge in [0.1, 0.15) is 0 Å². The van der Waals surface area contributed by atoms with Gasteiger partial charge in [-0.2, -0.15) is 0 Å². The Labute approximate surface area is 384 Å². The SMILES string of the molecule is C[C@H](c1ccccc1)N1C[C@@]2(ON=C(c3ccc(Cl)cc3)[C@@H]2c2ccccc2Br)C2(ON=C(c3ccc(Cl)cc3)O2)[C@]2(C1)ON=C(c1ccc(Cl)cc1)[C@H]2c1ccccc1Br. The number of ether oxygens (including phenoxy) is 1. The van der Waals surface area contributed by atoms with Gasteiger partial charge in [-0.05, 0) is 89.4 Å². The van der Waals surface area contributed by atoms with Crippen LogP contribution >= 0.6 is 66.7 Å². The van der Waals surface area contributed by atoms with Crippen LogP contribution in [0, 0.1) is 0 Å². The van der Waals surface area contributed by atoms with E-state index in [0.717, 1.165) is 36.8 Å². The average Bonchev–Trinajstić information content (AvgIpc) is 4.00. The maximum Gasteiger partial charge on any atom is 0.366 e. The summed E-state index contributed by atoms with van der Waals surface area (Å²) < 4.78 is 9.19. The van der Waals surface area contributed by atoms with E-state index >= 15 is 0 Å². The lowest BCUT2D eigenvalue weighted by Crippen LogP contribution is -2.81. The zero-order chi connectivity index (χ0) is 41.9. The van der Waals surface area contributed by atoms with Crippen molar-refractivity contribution in [3.05, 3.63) is 209 Å². The number of hydrogen-bond acceptors (Lipinski definition) is 8. The molecule has 1 fully saturated rings. The van der Waals surface area contributed by atoms with Gasteiger partial charge < -0.3 is 19.2 Å². The van der Waals surface area contributed by atoms with Gasteiger partial charge in [-0.1, -0.05) is 168 Å². The number of oxime groups is 3. The van der Waals surface area contributed by atoms with Gasteiger partial charge in [0.2, 0.25) is 11.2 Å². The summed E-state index contributed by atoms with van der Waals surface area (Å²) in [7, 11) is 0. The van der Waals surface area contributed by atoms with Crippen molar-refractivity contribution in [1.82, 2.24) is 4.90 Å². The molecule has 4 heterocycles. The fourth-order valence-corrected chi connectivity index (χ4v) is 10.7. The van der Waals surface area contributed by atoms with Gasteiger partial charge in [0, 0.05) is 46.7 Å². The number of likely N-dealkylation sites (tertiary alicyclic amines) is 1. The monoisotopic (exact) mass is 994 g/mol. The van der Waals surface area contributed by atoms with Crippen molar-refractivity contribution in [3.8, 4) is 0 Å². The Morgan fingerprint density at radius 3 is 1.43 bits per heavy atom. The molecule has 6 aromatic rings. The third kappa shape index (κ3) is 6.60. The normalized spacial score (nSPS) is 26.0. The smallest absolute Gasteiger partial charge is 0.366 e. The highest BCUT2D eigenvalue weighted by molar-refractivity contribution is 9.10. The first-order valence-electron chi connectivity index (χ1n) is 19.7. The van der Waals surface area contributed by atoms with Crippen LogP contribution in [0.4, 0.5) is 0 Å². The Hall–Kier alpha value is -4.68. The molecule has 10 rings (SSSR count). The Bertz CT molecular complexity index is 2590. The third-order valence-electron chi connectivity index (χ3n) is 12.2. The molecular weight excluding hydrogens is 963 g/mol. The van der Waals surface area contributed by atoms with Crippen LogP contribution in [0.25, 0.3) is 0 Å². The van der Waals surface area contributed by atoms with Gasteiger partial charge in [-0.15, -0.1) is 0 Å². The lowest BCUT2D eigenvalue weighted by molar-refractivity contribution is -0.383. The Kier molecular flexibility index (Phi) is 10.5. The highest BCUT2D eigenvalue weighted by Gasteiger charge is 2.86. The summed E-state index contributed by atoms with van der Waals surface area (Å²) >= 11 is 27.3. The number of hydrogen-bond donors (Lipinski definition) is 0. The van der Waals surface area contributed by atoms with Crippen LogP contribution in [-0.2, 0) is 19.2 Å². The van der Waals surface area contributed by atoms with E-state index in [1.54, 1.807) is 12.1 Å². The van der Waals surface area contributed by atoms with Crippen LogP contribution in [0.1, 0.15) is 58.2 Å². The highest BCUT2D eigenvalue weighted by Crippen LogP contribution is 2.64. The van der Waals surface area contributed by atoms with E-state index < -0.39 is 28.8 Å². The molecule has 0 radical (unpaired) electrons. The second kappa shape index (κ2) is 15.9. The van der Waals surface area contributed by atoms with E-state index in [2.05, 4.69) is 67.9 Å². The highest BCUT2D eigenvalue weighted by atomic mass is 79.9. The summed E-state index contributed by atoms with van der Waals surface area (Å²) in [5.41, 5.74) is 3.37. The number of piperidine rings is 1. The minimum atomic E-state index is -1.89. The number of rotatable bonds is 7. The molecule has 1 unspecified atom stereocenters. The molecule has 6 aromatic carbocycles. The van der Waals surface area contributed by atoms with Crippen LogP contribution in [-0.4, -0.2) is 52.3 Å². The maximum absolute atomic E-state index is 7.50. The van der Waals surface area contributed by atoms with Crippen LogP contribution in [0.2, 0.25) is 15.1 Å². The van der Waals surface area contributed by atoms with E-state index in [4.69, 9.17) is 69.5 Å². The van der Waals surface area contributed by atoms with Crippen molar-refractivity contribution in [2.75, 3.05) is 13.1 Å². The summed E-state index contributed by atoms with van der Waals surface area (Å²) in [5.74, 6) is -2.98. The number of halogens is 5. The van der Waals surface area contributed by atoms with Gasteiger partial charge in [0.25, 0.3) is 5.90 Å². The summed E-state index contributed by atoms with van der Waals surface area (Å²) in [6.07, 6.45) is 0. The summed E-state index contributed by atoms with van der Waals surface area (Å²) in [4.78, 5) is 23.9. The zero-order valence-electron chi connectivity index (χ0n) is 32.4. The molecule has 4 aliphatic heterocycles. The predicted molar refractivity (Wildman–Crippen MR) is 247 cm³/mol. The molecule has 3 spiro atoms. The molecule has 0 bridgehead atoms. The Morgan fingerprint density at radius 1 is 0.541 bits per heavy atom. The molecule has 0 saturated carbocycles. The van der Waals surface area contributed by atoms with Crippen molar-refractivity contribution >= 4 is 84.0 Å². The van der Waals surface area contributed by atoms with E-state index in [0.29, 0.717) is 32.1 Å². The quantitative estimate of drug-likeness (QED) is 0.159. The van der Waals surface area contributed by atoms with Crippen molar-refractivity contribution in [1.29, 1.82) is 0 Å². The predicted octanol–water partition coefficient (Wildman–Crippen LogP) is 12.6. The standard InChI is InChI=1S/C48H35Br2Cl3N4O4/c1-29(30-9-3-2-4-10-30)57-27-46(41(37-11-5-7-13-39(37)49)43(54-59-46)31-15-21-34(51)22-16-31)48(58-45(56-61-48)33-19-25-36(53)26-20-33)47(28-57)42(38-12-6-8-14-40(38)50)44(55-60-47)32-17-23-35(52)24-18-32/h2-26,29,41-42H,27-28H2,1H3/t29-,41-,42+,46-,47+,48?/m1/s1. The molecule has 0 aliphatic carbocycles. The van der Waals surface area contributed by atoms with Crippen LogP contribution in [0.15, 0.2) is 176 Å². The summed E-state index contributed by atoms with van der Waals surface area (Å²) in [6, 6.07) is 48.8. The molecule has 0 amide bonds. The van der Waals surface area contributed by atoms with Crippen molar-refractivity contribution < 1.29 is 19.2 Å². The maximum atomic E-state index is 7.50. The molecule has 8 nitrogen and oxygen atoms in total. The van der Waals surface area contributed by atoms with Gasteiger partial charge in [-0.25, -0.2) is 0 Å². The average molecular weight is 998 g/mol. The second-order valence-corrected chi connectivity index (χ2v) is 18.6. The van der Waals surface area contributed by atoms with Gasteiger partial charge >= 0.3 is 5.79 Å². The minimum absolute atomic E-state index is 0.170. The Balaban J connectivity index is 1.28. The lowest BCUT2D eigenvalue weighted by atomic mass is 9.60. The van der Waals surface area contributed by atoms with Crippen LogP contribution in [0.5, 0.6) is 0 Å². The topological polar surface area (TPSA) is 77.2 Å². The van der Waals surface area contributed by atoms with Crippen LogP contribution < -0.4 is 0 Å². The molecule has 0 aromatic heterocycles. The van der Waals surface area contributed by atoms with E-state index in [1.807, 2.05) is 115 Å². The minimum Gasteiger partial charge on any atom is -0.423 e. The number of fused-ring (bicyclic) bond motifs is 2. The van der Waals surface area contributed by atoms with E-state index in [1.165, 1.54) is 0 Å². The van der Waals surface area contributed by atoms with Crippen molar-refractivity contribution in [2.24, 2.45) is 15.5 Å². The van der Waals surface area contributed by atoms with Gasteiger partial charge in [0.15, 0.2) is 0 Å². The molecule has 6 atom stereocenters. The largest absolute Gasteiger partial charge is 0.423 e. The van der Waals surface area contributed by atoms with Crippen molar-refractivity contribution in [2.45, 2.75) is 41.8 Å². The summed E-state index contributed by atoms with van der Waals surface area (Å²) in [5, 5.41) is 16.7. The molecular formula is C48H35Br2Cl3N4O4. The lowest BCUT2D eigenvalue weighted by Gasteiger charge is -2.58. The van der Waals surface area contributed by atoms with Gasteiger partial charge in [-0.3, -0.25) is 4.90 Å². The van der Waals surface area contributed by atoms with Gasteiger partial charge in [0.05, 0.1) is 36.3 Å². The molecule has 0 N–H and O–H groups in total. The first-order valence-corrected chi connectivity index (χ1v) is 22.4. The third-order valence-corrected chi connectivity index (χ3v) is 14.4. The summed E-state index contributed by atoms with van der Waals surface area (Å²) in [6.45, 7) is 2.69.